The molecule has 1 unspecified atom stereocenters. The Bertz CT molecular complexity index is 349. The van der Waals surface area contributed by atoms with Crippen LogP contribution in [0, 0.1) is 0 Å². The summed E-state index contributed by atoms with van der Waals surface area (Å²) in [6.45, 7) is 2.21. The lowest BCUT2D eigenvalue weighted by Gasteiger charge is -2.15. The largest absolute Gasteiger partial charge is 0.0888 e. The van der Waals surface area contributed by atoms with Crippen molar-refractivity contribution in [3.05, 3.63) is 47.5 Å². The van der Waals surface area contributed by atoms with Crippen molar-refractivity contribution in [1.82, 2.24) is 0 Å². The summed E-state index contributed by atoms with van der Waals surface area (Å²) in [5, 5.41) is 0. The molecule has 0 spiro atoms. The molecular formula is C16H22. The van der Waals surface area contributed by atoms with Gasteiger partial charge in [-0.3, -0.25) is 0 Å². The smallest absolute Gasteiger partial charge is 0.0125 e. The van der Waals surface area contributed by atoms with Crippen molar-refractivity contribution in [3.63, 3.8) is 0 Å². The van der Waals surface area contributed by atoms with Gasteiger partial charge in [-0.15, -0.1) is 0 Å². The Morgan fingerprint density at radius 3 is 2.94 bits per heavy atom. The number of allylic oxidation sites excluding steroid dienone is 2. The third-order valence-corrected chi connectivity index (χ3v) is 3.57. The zero-order chi connectivity index (χ0) is 11.2. The predicted octanol–water partition coefficient (Wildman–Crippen LogP) is 4.85. The second kappa shape index (κ2) is 5.89. The Hall–Kier alpha value is -1.04. The molecular weight excluding hydrogens is 192 g/mol. The summed E-state index contributed by atoms with van der Waals surface area (Å²) in [6.07, 6.45) is 12.5. The van der Waals surface area contributed by atoms with E-state index in [-0.39, 0.29) is 0 Å². The Labute approximate surface area is 99.4 Å². The molecule has 0 fully saturated rings. The maximum absolute atomic E-state index is 2.37. The Balaban J connectivity index is 2.15. The van der Waals surface area contributed by atoms with E-state index in [9.17, 15) is 0 Å². The number of hydrogen-bond acceptors (Lipinski definition) is 0. The van der Waals surface area contributed by atoms with Crippen LogP contribution in [0.2, 0.25) is 0 Å². The van der Waals surface area contributed by atoms with Crippen molar-refractivity contribution in [2.45, 2.75) is 51.4 Å². The average molecular weight is 214 g/mol. The molecule has 0 N–H and O–H groups in total. The van der Waals surface area contributed by atoms with Crippen LogP contribution in [-0.2, 0) is 6.42 Å². The van der Waals surface area contributed by atoms with Gasteiger partial charge < -0.3 is 0 Å². The van der Waals surface area contributed by atoms with Gasteiger partial charge in [-0.2, -0.15) is 0 Å². The molecule has 0 saturated heterocycles. The zero-order valence-electron chi connectivity index (χ0n) is 10.3. The molecule has 1 aromatic rings. The van der Waals surface area contributed by atoms with Gasteiger partial charge in [-0.1, -0.05) is 49.8 Å². The number of fused-ring (bicyclic) bond motifs is 1. The molecule has 0 bridgehead atoms. The van der Waals surface area contributed by atoms with Crippen molar-refractivity contribution >= 4 is 0 Å². The van der Waals surface area contributed by atoms with Crippen LogP contribution in [-0.4, -0.2) is 0 Å². The zero-order valence-corrected chi connectivity index (χ0v) is 10.3. The minimum atomic E-state index is 0.765. The molecule has 0 aliphatic heterocycles. The van der Waals surface area contributed by atoms with Crippen LogP contribution in [0.5, 0.6) is 0 Å². The highest BCUT2D eigenvalue weighted by Crippen LogP contribution is 2.32. The van der Waals surface area contributed by atoms with Gasteiger partial charge >= 0.3 is 0 Å². The topological polar surface area (TPSA) is 0 Å². The van der Waals surface area contributed by atoms with Crippen LogP contribution in [0.25, 0.3) is 0 Å². The highest BCUT2D eigenvalue weighted by atomic mass is 14.2. The Morgan fingerprint density at radius 1 is 1.19 bits per heavy atom. The molecule has 16 heavy (non-hydrogen) atoms. The molecule has 1 atom stereocenters. The number of benzene rings is 1. The van der Waals surface area contributed by atoms with Crippen molar-refractivity contribution in [1.29, 1.82) is 0 Å². The van der Waals surface area contributed by atoms with Gasteiger partial charge in [-0.25, -0.2) is 0 Å². The van der Waals surface area contributed by atoms with Gasteiger partial charge in [0.05, 0.1) is 0 Å². The first kappa shape index (κ1) is 11.4. The molecule has 0 aromatic heterocycles. The first-order valence-electron chi connectivity index (χ1n) is 6.64. The van der Waals surface area contributed by atoms with E-state index >= 15 is 0 Å². The Morgan fingerprint density at radius 2 is 2.06 bits per heavy atom. The van der Waals surface area contributed by atoms with Gasteiger partial charge in [0, 0.05) is 0 Å². The lowest BCUT2D eigenvalue weighted by molar-refractivity contribution is 0.601. The summed E-state index contributed by atoms with van der Waals surface area (Å²) in [7, 11) is 0. The first-order valence-corrected chi connectivity index (χ1v) is 6.64. The van der Waals surface area contributed by atoms with Crippen LogP contribution < -0.4 is 0 Å². The van der Waals surface area contributed by atoms with Gasteiger partial charge in [0.1, 0.15) is 0 Å². The maximum atomic E-state index is 2.37. The minimum absolute atomic E-state index is 0.765. The van der Waals surface area contributed by atoms with E-state index in [4.69, 9.17) is 0 Å². The van der Waals surface area contributed by atoms with E-state index in [0.29, 0.717) is 0 Å². The van der Waals surface area contributed by atoms with Crippen molar-refractivity contribution in [3.8, 4) is 0 Å². The van der Waals surface area contributed by atoms with Crippen LogP contribution in [0.3, 0.4) is 0 Å². The fourth-order valence-electron chi connectivity index (χ4n) is 2.69. The van der Waals surface area contributed by atoms with E-state index in [1.807, 2.05) is 0 Å². The van der Waals surface area contributed by atoms with Crippen LogP contribution in [0.15, 0.2) is 36.4 Å². The normalized spacial score (nSPS) is 20.7. The first-order chi connectivity index (χ1) is 7.92. The highest BCUT2D eigenvalue weighted by Gasteiger charge is 2.16. The second-order valence-corrected chi connectivity index (χ2v) is 4.76. The van der Waals surface area contributed by atoms with Gasteiger partial charge in [-0.05, 0) is 49.1 Å². The molecule has 0 amide bonds. The molecule has 0 nitrogen and oxygen atoms in total. The molecule has 0 heterocycles. The fourth-order valence-corrected chi connectivity index (χ4v) is 2.69. The van der Waals surface area contributed by atoms with E-state index in [1.165, 1.54) is 32.1 Å². The minimum Gasteiger partial charge on any atom is -0.0888 e. The van der Waals surface area contributed by atoms with E-state index in [0.717, 1.165) is 12.3 Å². The Kier molecular flexibility index (Phi) is 4.21. The number of hydrogen-bond donors (Lipinski definition) is 0. The third kappa shape index (κ3) is 2.75. The quantitative estimate of drug-likeness (QED) is 0.498. The molecule has 0 saturated carbocycles. The summed E-state index contributed by atoms with van der Waals surface area (Å²) < 4.78 is 0. The van der Waals surface area contributed by atoms with E-state index in [1.54, 1.807) is 11.1 Å². The molecule has 2 rings (SSSR count). The van der Waals surface area contributed by atoms with Crippen molar-refractivity contribution < 1.29 is 0 Å². The molecule has 1 aliphatic carbocycles. The van der Waals surface area contributed by atoms with Crippen LogP contribution in [0.4, 0.5) is 0 Å². The summed E-state index contributed by atoms with van der Waals surface area (Å²) in [6, 6.07) is 9.03. The van der Waals surface area contributed by atoms with Gasteiger partial charge in [0.25, 0.3) is 0 Å². The lowest BCUT2D eigenvalue weighted by Crippen LogP contribution is -1.98. The second-order valence-electron chi connectivity index (χ2n) is 4.76. The predicted molar refractivity (Wildman–Crippen MR) is 70.8 cm³/mol. The van der Waals surface area contributed by atoms with Crippen molar-refractivity contribution in [2.24, 2.45) is 0 Å². The van der Waals surface area contributed by atoms with Crippen LogP contribution in [0.1, 0.15) is 56.1 Å². The number of aryl methyl sites for hydroxylation is 1. The highest BCUT2D eigenvalue weighted by molar-refractivity contribution is 5.32. The standard InChI is InChI=1S/C16H22/c1-2-3-4-9-14-10-5-6-11-15-12-7-8-13-16(14)15/h3-4,7-8,12-14H,2,5-6,9-11H2,1H3/b4-3+. The summed E-state index contributed by atoms with van der Waals surface area (Å²) in [5.74, 6) is 0.765. The molecule has 1 aromatic carbocycles. The van der Waals surface area contributed by atoms with Gasteiger partial charge in [0.15, 0.2) is 0 Å². The monoisotopic (exact) mass is 214 g/mol. The van der Waals surface area contributed by atoms with Crippen LogP contribution >= 0.6 is 0 Å². The van der Waals surface area contributed by atoms with E-state index in [2.05, 4.69) is 43.3 Å². The fraction of sp³-hybridized carbons (Fsp3) is 0.500. The maximum Gasteiger partial charge on any atom is -0.0125 e. The molecule has 86 valence electrons. The average Bonchev–Trinajstić information content (AvgIpc) is 2.52. The molecule has 0 radical (unpaired) electrons. The van der Waals surface area contributed by atoms with Gasteiger partial charge in [0.2, 0.25) is 0 Å². The third-order valence-electron chi connectivity index (χ3n) is 3.57. The summed E-state index contributed by atoms with van der Waals surface area (Å²) >= 11 is 0. The molecule has 1 aliphatic rings. The summed E-state index contributed by atoms with van der Waals surface area (Å²) in [5.41, 5.74) is 3.20. The lowest BCUT2D eigenvalue weighted by atomic mass is 9.90. The number of rotatable bonds is 3. The SMILES string of the molecule is CC/C=C/CC1CCCCc2ccccc21. The summed E-state index contributed by atoms with van der Waals surface area (Å²) in [4.78, 5) is 0. The molecule has 0 heteroatoms. The van der Waals surface area contributed by atoms with E-state index < -0.39 is 0 Å². The van der Waals surface area contributed by atoms with Crippen molar-refractivity contribution in [2.75, 3.05) is 0 Å².